The summed E-state index contributed by atoms with van der Waals surface area (Å²) in [4.78, 5) is 3.99. The Morgan fingerprint density at radius 1 is 1.08 bits per heavy atom. The lowest BCUT2D eigenvalue weighted by atomic mass is 10.2. The van der Waals surface area contributed by atoms with E-state index in [-0.39, 0.29) is 0 Å². The first-order chi connectivity index (χ1) is 6.04. The lowest BCUT2D eigenvalue weighted by Gasteiger charge is -2.05. The van der Waals surface area contributed by atoms with Crippen molar-refractivity contribution < 1.29 is 0 Å². The number of aromatic nitrogens is 1. The van der Waals surface area contributed by atoms with Crippen LogP contribution in [0.4, 0.5) is 5.82 Å². The average Bonchev–Trinajstić information content (AvgIpc) is 2.15. The van der Waals surface area contributed by atoms with Gasteiger partial charge in [-0.1, -0.05) is 37.0 Å². The molecule has 0 fully saturated rings. The number of nitrogens with zero attached hydrogens (tertiary/aromatic N) is 1. The van der Waals surface area contributed by atoms with Crippen LogP contribution in [0.2, 0.25) is 10.0 Å². The van der Waals surface area contributed by atoms with Crippen LogP contribution in [0.5, 0.6) is 0 Å². The van der Waals surface area contributed by atoms with Crippen molar-refractivity contribution in [1.82, 2.24) is 4.98 Å². The fourth-order valence-corrected chi connectivity index (χ4v) is 1.17. The van der Waals surface area contributed by atoms with Crippen molar-refractivity contribution in [3.8, 4) is 0 Å². The standard InChI is InChI=1S/C7H8Cl2N2.C2H6/c1-3-5(8)6(9)4(2)11-7(3)10;1-2/h1-2H3,(H2,10,11);1-2H3. The summed E-state index contributed by atoms with van der Waals surface area (Å²) < 4.78 is 0. The molecule has 0 aliphatic heterocycles. The number of hydrogen-bond donors (Lipinski definition) is 1. The SMILES string of the molecule is CC.Cc1nc(N)c(C)c(Cl)c1Cl. The van der Waals surface area contributed by atoms with Crippen LogP contribution in [0.15, 0.2) is 0 Å². The summed E-state index contributed by atoms with van der Waals surface area (Å²) in [6, 6.07) is 0. The Kier molecular flexibility index (Phi) is 5.11. The van der Waals surface area contributed by atoms with Crippen molar-refractivity contribution in [1.29, 1.82) is 0 Å². The van der Waals surface area contributed by atoms with E-state index in [2.05, 4.69) is 4.98 Å². The van der Waals surface area contributed by atoms with E-state index in [1.165, 1.54) is 0 Å². The fraction of sp³-hybridized carbons (Fsp3) is 0.444. The van der Waals surface area contributed by atoms with E-state index >= 15 is 0 Å². The number of hydrogen-bond acceptors (Lipinski definition) is 2. The normalized spacial score (nSPS) is 9.08. The van der Waals surface area contributed by atoms with Crippen molar-refractivity contribution in [2.45, 2.75) is 27.7 Å². The third kappa shape index (κ3) is 2.75. The molecule has 1 aromatic heterocycles. The van der Waals surface area contributed by atoms with Gasteiger partial charge in [-0.15, -0.1) is 0 Å². The minimum atomic E-state index is 0.442. The molecule has 0 unspecified atom stereocenters. The molecule has 2 nitrogen and oxygen atoms in total. The molecule has 1 rings (SSSR count). The number of halogens is 2. The van der Waals surface area contributed by atoms with Crippen molar-refractivity contribution in [2.24, 2.45) is 0 Å². The molecule has 0 bridgehead atoms. The number of nitrogen functional groups attached to an aromatic ring is 1. The van der Waals surface area contributed by atoms with Gasteiger partial charge in [0.1, 0.15) is 5.82 Å². The van der Waals surface area contributed by atoms with Crippen LogP contribution in [-0.2, 0) is 0 Å². The van der Waals surface area contributed by atoms with Gasteiger partial charge in [0, 0.05) is 5.56 Å². The summed E-state index contributed by atoms with van der Waals surface area (Å²) >= 11 is 11.6. The Morgan fingerprint density at radius 3 is 2.00 bits per heavy atom. The number of aryl methyl sites for hydroxylation is 1. The van der Waals surface area contributed by atoms with Crippen molar-refractivity contribution in [2.75, 3.05) is 5.73 Å². The summed E-state index contributed by atoms with van der Waals surface area (Å²) in [5.74, 6) is 0.442. The Balaban J connectivity index is 0.000000671. The van der Waals surface area contributed by atoms with Gasteiger partial charge in [-0.25, -0.2) is 4.98 Å². The van der Waals surface area contributed by atoms with E-state index in [4.69, 9.17) is 28.9 Å². The molecule has 0 aromatic carbocycles. The van der Waals surface area contributed by atoms with Crippen LogP contribution in [0.25, 0.3) is 0 Å². The van der Waals surface area contributed by atoms with Gasteiger partial charge in [0.2, 0.25) is 0 Å². The van der Waals surface area contributed by atoms with Gasteiger partial charge in [-0.3, -0.25) is 0 Å². The fourth-order valence-electron chi connectivity index (χ4n) is 0.749. The van der Waals surface area contributed by atoms with Crippen LogP contribution in [0.3, 0.4) is 0 Å². The minimum Gasteiger partial charge on any atom is -0.383 e. The van der Waals surface area contributed by atoms with Gasteiger partial charge in [0.25, 0.3) is 0 Å². The molecule has 4 heteroatoms. The third-order valence-electron chi connectivity index (χ3n) is 1.51. The Hall–Kier alpha value is -0.470. The summed E-state index contributed by atoms with van der Waals surface area (Å²) in [5, 5.41) is 0.982. The monoisotopic (exact) mass is 220 g/mol. The molecule has 0 atom stereocenters. The maximum atomic E-state index is 5.84. The van der Waals surface area contributed by atoms with E-state index in [9.17, 15) is 0 Å². The predicted octanol–water partition coefficient (Wildman–Crippen LogP) is 3.61. The van der Waals surface area contributed by atoms with Gasteiger partial charge in [0.15, 0.2) is 0 Å². The molecular formula is C9H14Cl2N2. The van der Waals surface area contributed by atoms with Crippen LogP contribution < -0.4 is 5.73 Å². The molecule has 2 N–H and O–H groups in total. The van der Waals surface area contributed by atoms with Crippen molar-refractivity contribution in [3.05, 3.63) is 21.3 Å². The van der Waals surface area contributed by atoms with E-state index in [0.29, 0.717) is 21.6 Å². The molecule has 0 aliphatic rings. The van der Waals surface area contributed by atoms with Crippen LogP contribution >= 0.6 is 23.2 Å². The first-order valence-electron chi connectivity index (χ1n) is 4.11. The maximum absolute atomic E-state index is 5.84. The first-order valence-corrected chi connectivity index (χ1v) is 4.87. The second-order valence-electron chi connectivity index (χ2n) is 2.34. The van der Waals surface area contributed by atoms with Gasteiger partial charge in [-0.2, -0.15) is 0 Å². The Morgan fingerprint density at radius 2 is 1.54 bits per heavy atom. The highest BCUT2D eigenvalue weighted by molar-refractivity contribution is 6.43. The zero-order valence-electron chi connectivity index (χ0n) is 8.28. The molecular weight excluding hydrogens is 207 g/mol. The number of nitrogens with two attached hydrogens (primary N) is 1. The lowest BCUT2D eigenvalue weighted by Crippen LogP contribution is -1.97. The van der Waals surface area contributed by atoms with Crippen LogP contribution in [-0.4, -0.2) is 4.98 Å². The molecule has 13 heavy (non-hydrogen) atoms. The highest BCUT2D eigenvalue weighted by atomic mass is 35.5. The van der Waals surface area contributed by atoms with Crippen LogP contribution in [0, 0.1) is 13.8 Å². The molecule has 0 radical (unpaired) electrons. The summed E-state index contributed by atoms with van der Waals surface area (Å²) in [6.07, 6.45) is 0. The molecule has 0 saturated heterocycles. The lowest BCUT2D eigenvalue weighted by molar-refractivity contribution is 1.18. The van der Waals surface area contributed by atoms with E-state index in [1.54, 1.807) is 13.8 Å². The highest BCUT2D eigenvalue weighted by Crippen LogP contribution is 2.29. The first kappa shape index (κ1) is 12.5. The largest absolute Gasteiger partial charge is 0.383 e. The van der Waals surface area contributed by atoms with Crippen molar-refractivity contribution in [3.63, 3.8) is 0 Å². The highest BCUT2D eigenvalue weighted by Gasteiger charge is 2.08. The summed E-state index contributed by atoms with van der Waals surface area (Å²) in [7, 11) is 0. The average molecular weight is 221 g/mol. The van der Waals surface area contributed by atoms with Gasteiger partial charge >= 0.3 is 0 Å². The topological polar surface area (TPSA) is 38.9 Å². The number of pyridine rings is 1. The smallest absolute Gasteiger partial charge is 0.128 e. The maximum Gasteiger partial charge on any atom is 0.128 e. The minimum absolute atomic E-state index is 0.442. The third-order valence-corrected chi connectivity index (χ3v) is 2.54. The second kappa shape index (κ2) is 5.30. The summed E-state index contributed by atoms with van der Waals surface area (Å²) in [6.45, 7) is 7.56. The van der Waals surface area contributed by atoms with Gasteiger partial charge < -0.3 is 5.73 Å². The number of rotatable bonds is 0. The summed E-state index contributed by atoms with van der Waals surface area (Å²) in [5.41, 5.74) is 6.94. The van der Waals surface area contributed by atoms with Gasteiger partial charge in [0.05, 0.1) is 15.7 Å². The van der Waals surface area contributed by atoms with E-state index < -0.39 is 0 Å². The Bertz CT molecular complexity index is 272. The quantitative estimate of drug-likeness (QED) is 0.726. The second-order valence-corrected chi connectivity index (χ2v) is 3.09. The van der Waals surface area contributed by atoms with E-state index in [0.717, 1.165) is 5.56 Å². The zero-order valence-corrected chi connectivity index (χ0v) is 9.79. The van der Waals surface area contributed by atoms with Crippen LogP contribution in [0.1, 0.15) is 25.1 Å². The zero-order chi connectivity index (χ0) is 10.6. The molecule has 0 saturated carbocycles. The van der Waals surface area contributed by atoms with Gasteiger partial charge in [-0.05, 0) is 13.8 Å². The molecule has 1 heterocycles. The number of anilines is 1. The van der Waals surface area contributed by atoms with E-state index in [1.807, 2.05) is 13.8 Å². The Labute approximate surface area is 89.1 Å². The predicted molar refractivity (Wildman–Crippen MR) is 59.5 cm³/mol. The molecule has 0 amide bonds. The molecule has 1 aromatic rings. The molecule has 0 aliphatic carbocycles. The molecule has 74 valence electrons. The van der Waals surface area contributed by atoms with Crippen molar-refractivity contribution >= 4 is 29.0 Å². The molecule has 0 spiro atoms.